The lowest BCUT2D eigenvalue weighted by molar-refractivity contribution is -0.0296. The molecule has 0 spiro atoms. The van der Waals surface area contributed by atoms with Gasteiger partial charge in [0.25, 0.3) is 0 Å². The molecule has 4 rings (SSSR count). The maximum atomic E-state index is 12.0. The first-order chi connectivity index (χ1) is 13.0. The molecule has 0 radical (unpaired) electrons. The smallest absolute Gasteiger partial charge is 0.336 e. The van der Waals surface area contributed by atoms with Crippen molar-refractivity contribution >= 4 is 5.97 Å². The lowest BCUT2D eigenvalue weighted by Gasteiger charge is -2.47. The first-order valence-electron chi connectivity index (χ1n) is 9.33. The van der Waals surface area contributed by atoms with Crippen LogP contribution in [0.2, 0.25) is 0 Å². The second kappa shape index (κ2) is 6.89. The summed E-state index contributed by atoms with van der Waals surface area (Å²) in [5.41, 5.74) is 4.25. The van der Waals surface area contributed by atoms with E-state index in [1.165, 1.54) is 0 Å². The molecule has 1 aromatic carbocycles. The van der Waals surface area contributed by atoms with Crippen LogP contribution in [0.25, 0.3) is 0 Å². The zero-order valence-electron chi connectivity index (χ0n) is 15.9. The topological polar surface area (TPSA) is 67.8 Å². The fraction of sp³-hybridized carbons (Fsp3) is 0.409. The van der Waals surface area contributed by atoms with Crippen molar-refractivity contribution in [1.82, 2.24) is 5.32 Å². The first-order valence-corrected chi connectivity index (χ1v) is 9.33. The van der Waals surface area contributed by atoms with Gasteiger partial charge in [0.15, 0.2) is 0 Å². The lowest BCUT2D eigenvalue weighted by Crippen LogP contribution is -2.50. The Kier molecular flexibility index (Phi) is 4.56. The van der Waals surface area contributed by atoms with Gasteiger partial charge in [0.2, 0.25) is 0 Å². The fourth-order valence-corrected chi connectivity index (χ4v) is 4.69. The van der Waals surface area contributed by atoms with Crippen LogP contribution in [0.4, 0.5) is 0 Å². The van der Waals surface area contributed by atoms with E-state index in [4.69, 9.17) is 9.47 Å². The largest absolute Gasteiger partial charge is 0.501 e. The Balaban J connectivity index is 1.83. The van der Waals surface area contributed by atoms with Crippen molar-refractivity contribution in [3.63, 3.8) is 0 Å². The number of ether oxygens (including phenoxy) is 2. The molecular formula is C22H25NO4. The Morgan fingerprint density at radius 2 is 2.11 bits per heavy atom. The lowest BCUT2D eigenvalue weighted by atomic mass is 9.72. The van der Waals surface area contributed by atoms with Crippen molar-refractivity contribution in [2.75, 3.05) is 13.7 Å². The van der Waals surface area contributed by atoms with Crippen LogP contribution in [0.5, 0.6) is 0 Å². The average molecular weight is 367 g/mol. The summed E-state index contributed by atoms with van der Waals surface area (Å²) in [7, 11) is 1.69. The van der Waals surface area contributed by atoms with Gasteiger partial charge in [0.05, 0.1) is 37.2 Å². The van der Waals surface area contributed by atoms with Crippen LogP contribution < -0.4 is 5.32 Å². The Morgan fingerprint density at radius 3 is 2.85 bits per heavy atom. The van der Waals surface area contributed by atoms with E-state index in [0.717, 1.165) is 34.6 Å². The molecule has 5 nitrogen and oxygen atoms in total. The van der Waals surface area contributed by atoms with Crippen LogP contribution in [-0.2, 0) is 9.47 Å². The summed E-state index contributed by atoms with van der Waals surface area (Å²) in [6.45, 7) is 4.51. The monoisotopic (exact) mass is 367 g/mol. The normalized spacial score (nSPS) is 29.0. The third-order valence-electron chi connectivity index (χ3n) is 5.83. The Morgan fingerprint density at radius 1 is 1.30 bits per heavy atom. The molecule has 2 heterocycles. The SMILES string of the molecule is COC1=CC=C2NC(c3c(C)cc(C)cc3C(=O)O)C3C=CCOC3C2C1. The summed E-state index contributed by atoms with van der Waals surface area (Å²) in [5.74, 6) is 0.308. The second-order valence-electron chi connectivity index (χ2n) is 7.54. The van der Waals surface area contributed by atoms with Crippen molar-refractivity contribution < 1.29 is 19.4 Å². The van der Waals surface area contributed by atoms with Gasteiger partial charge in [-0.25, -0.2) is 4.79 Å². The molecule has 2 N–H and O–H groups in total. The van der Waals surface area contributed by atoms with Crippen molar-refractivity contribution in [3.8, 4) is 0 Å². The Hall–Kier alpha value is -2.53. The number of piperidine rings is 1. The highest BCUT2D eigenvalue weighted by Crippen LogP contribution is 2.45. The molecule has 0 amide bonds. The highest BCUT2D eigenvalue weighted by Gasteiger charge is 2.45. The minimum atomic E-state index is -0.892. The number of hydrogen-bond donors (Lipinski definition) is 2. The van der Waals surface area contributed by atoms with Crippen LogP contribution in [0.15, 0.2) is 47.9 Å². The zero-order valence-corrected chi connectivity index (χ0v) is 15.9. The number of rotatable bonds is 3. The minimum Gasteiger partial charge on any atom is -0.501 e. The molecule has 4 unspecified atom stereocenters. The van der Waals surface area contributed by atoms with Gasteiger partial charge in [0, 0.05) is 24.0 Å². The number of carboxylic acids is 1. The predicted octanol–water partition coefficient (Wildman–Crippen LogP) is 3.65. The van der Waals surface area contributed by atoms with E-state index in [1.54, 1.807) is 13.2 Å². The van der Waals surface area contributed by atoms with Gasteiger partial charge >= 0.3 is 5.97 Å². The summed E-state index contributed by atoms with van der Waals surface area (Å²) in [4.78, 5) is 12.0. The summed E-state index contributed by atoms with van der Waals surface area (Å²) < 4.78 is 11.6. The highest BCUT2D eigenvalue weighted by molar-refractivity contribution is 5.90. The van der Waals surface area contributed by atoms with E-state index < -0.39 is 5.97 Å². The molecule has 2 aliphatic heterocycles. The fourth-order valence-electron chi connectivity index (χ4n) is 4.69. The van der Waals surface area contributed by atoms with Crippen molar-refractivity contribution in [2.24, 2.45) is 11.8 Å². The molecule has 27 heavy (non-hydrogen) atoms. The van der Waals surface area contributed by atoms with Gasteiger partial charge in [-0.05, 0) is 48.8 Å². The number of carbonyl (C=O) groups is 1. The van der Waals surface area contributed by atoms with Gasteiger partial charge in [-0.15, -0.1) is 0 Å². The number of methoxy groups -OCH3 is 1. The standard InChI is InChI=1S/C22H25NO4/c1-12-9-13(2)19(17(10-12)22(24)25)20-15-5-4-8-27-21(15)16-11-14(26-3)6-7-18(16)23-20/h4-7,9-10,15-16,20-21,23H,8,11H2,1-3H3,(H,24,25). The molecule has 1 fully saturated rings. The molecule has 1 aliphatic carbocycles. The van der Waals surface area contributed by atoms with E-state index in [1.807, 2.05) is 32.1 Å². The molecule has 4 atom stereocenters. The van der Waals surface area contributed by atoms with Crippen LogP contribution in [-0.4, -0.2) is 30.9 Å². The number of allylic oxidation sites excluding steroid dienone is 3. The van der Waals surface area contributed by atoms with E-state index in [2.05, 4.69) is 17.5 Å². The van der Waals surface area contributed by atoms with Gasteiger partial charge in [-0.3, -0.25) is 0 Å². The molecule has 3 aliphatic rings. The molecule has 1 saturated heterocycles. The van der Waals surface area contributed by atoms with Crippen molar-refractivity contribution in [2.45, 2.75) is 32.4 Å². The van der Waals surface area contributed by atoms with Gasteiger partial charge < -0.3 is 19.9 Å². The van der Waals surface area contributed by atoms with Gasteiger partial charge in [0.1, 0.15) is 0 Å². The molecule has 0 bridgehead atoms. The van der Waals surface area contributed by atoms with Crippen LogP contribution >= 0.6 is 0 Å². The summed E-state index contributed by atoms with van der Waals surface area (Å²) in [6, 6.07) is 3.67. The summed E-state index contributed by atoms with van der Waals surface area (Å²) in [6.07, 6.45) is 9.02. The highest BCUT2D eigenvalue weighted by atomic mass is 16.5. The quantitative estimate of drug-likeness (QED) is 0.798. The third-order valence-corrected chi connectivity index (χ3v) is 5.83. The third kappa shape index (κ3) is 3.06. The molecular weight excluding hydrogens is 342 g/mol. The number of aryl methyl sites for hydroxylation is 2. The number of benzene rings is 1. The number of carboxylic acid groups (broad SMARTS) is 1. The average Bonchev–Trinajstić information content (AvgIpc) is 2.66. The van der Waals surface area contributed by atoms with Crippen LogP contribution in [0.1, 0.15) is 39.5 Å². The molecule has 5 heteroatoms. The van der Waals surface area contributed by atoms with E-state index in [9.17, 15) is 9.90 Å². The number of fused-ring (bicyclic) bond motifs is 3. The molecule has 1 aromatic rings. The van der Waals surface area contributed by atoms with Crippen molar-refractivity contribution in [1.29, 1.82) is 0 Å². The van der Waals surface area contributed by atoms with E-state index in [0.29, 0.717) is 12.2 Å². The van der Waals surface area contributed by atoms with E-state index in [-0.39, 0.29) is 24.0 Å². The maximum Gasteiger partial charge on any atom is 0.336 e. The second-order valence-corrected chi connectivity index (χ2v) is 7.54. The van der Waals surface area contributed by atoms with Crippen LogP contribution in [0, 0.1) is 25.7 Å². The van der Waals surface area contributed by atoms with E-state index >= 15 is 0 Å². The molecule has 0 saturated carbocycles. The number of hydrogen-bond acceptors (Lipinski definition) is 4. The minimum absolute atomic E-state index is 0.00584. The number of nitrogens with one attached hydrogen (secondary N) is 1. The first kappa shape index (κ1) is 17.9. The number of aromatic carboxylic acids is 1. The van der Waals surface area contributed by atoms with Crippen LogP contribution in [0.3, 0.4) is 0 Å². The zero-order chi connectivity index (χ0) is 19.1. The summed E-state index contributed by atoms with van der Waals surface area (Å²) >= 11 is 0. The van der Waals surface area contributed by atoms with Gasteiger partial charge in [-0.1, -0.05) is 18.2 Å². The Bertz CT molecular complexity index is 867. The predicted molar refractivity (Wildman–Crippen MR) is 102 cm³/mol. The van der Waals surface area contributed by atoms with Gasteiger partial charge in [-0.2, -0.15) is 0 Å². The van der Waals surface area contributed by atoms with Crippen molar-refractivity contribution in [3.05, 3.63) is 70.1 Å². The summed E-state index contributed by atoms with van der Waals surface area (Å²) in [5, 5.41) is 13.5. The maximum absolute atomic E-state index is 12.0. The Labute approximate surface area is 159 Å². The molecule has 142 valence electrons. The molecule has 0 aromatic heterocycles.